The fraction of sp³-hybridized carbons (Fsp3) is 0.0182. The highest BCUT2D eigenvalue weighted by molar-refractivity contribution is 7.26. The molecule has 0 saturated carbocycles. The Morgan fingerprint density at radius 2 is 1.02 bits per heavy atom. The third-order valence-electron chi connectivity index (χ3n) is 12.4. The molecule has 0 fully saturated rings. The highest BCUT2D eigenvalue weighted by Gasteiger charge is 2.21. The quantitative estimate of drug-likeness (QED) is 0.175. The van der Waals surface area contributed by atoms with Crippen LogP contribution in [-0.4, -0.2) is 9.13 Å². The van der Waals surface area contributed by atoms with E-state index in [9.17, 15) is 0 Å². The molecule has 0 bridgehead atoms. The van der Waals surface area contributed by atoms with Gasteiger partial charge in [-0.25, -0.2) is 0 Å². The summed E-state index contributed by atoms with van der Waals surface area (Å²) in [7, 11) is 0. The Kier molecular flexibility index (Phi) is 6.81. The lowest BCUT2D eigenvalue weighted by atomic mass is 9.98. The van der Waals surface area contributed by atoms with E-state index >= 15 is 0 Å². The number of rotatable bonds is 4. The number of fused-ring (bicyclic) bond motifs is 12. The van der Waals surface area contributed by atoms with Gasteiger partial charge in [0.2, 0.25) is 0 Å². The molecule has 13 aromatic rings. The molecule has 59 heavy (non-hydrogen) atoms. The molecule has 0 aliphatic carbocycles. The number of hydrogen-bond donors (Lipinski definition) is 0. The van der Waals surface area contributed by atoms with Crippen LogP contribution in [0.4, 0.5) is 0 Å². The van der Waals surface area contributed by atoms with Crippen molar-refractivity contribution >= 4 is 97.1 Å². The fourth-order valence-corrected chi connectivity index (χ4v) is 11.0. The van der Waals surface area contributed by atoms with Crippen molar-refractivity contribution in [3.8, 4) is 33.6 Å². The summed E-state index contributed by atoms with van der Waals surface area (Å²) in [6.45, 7) is 2.28. The summed E-state index contributed by atoms with van der Waals surface area (Å²) in [5, 5.41) is 9.86. The fourth-order valence-electron chi connectivity index (χ4n) is 9.79. The van der Waals surface area contributed by atoms with Gasteiger partial charge in [-0.1, -0.05) is 103 Å². The first kappa shape index (κ1) is 32.7. The van der Waals surface area contributed by atoms with Crippen LogP contribution in [0.2, 0.25) is 0 Å². The summed E-state index contributed by atoms with van der Waals surface area (Å²) in [6.07, 6.45) is 0. The van der Waals surface area contributed by atoms with Crippen molar-refractivity contribution in [1.82, 2.24) is 9.13 Å². The summed E-state index contributed by atoms with van der Waals surface area (Å²) in [5.74, 6) is 0. The average Bonchev–Trinajstić information content (AvgIpc) is 4.04. The number of furan rings is 1. The Hall–Kier alpha value is -7.40. The normalized spacial score (nSPS) is 12.2. The number of para-hydroxylation sites is 4. The van der Waals surface area contributed by atoms with Gasteiger partial charge in [0.15, 0.2) is 0 Å². The molecule has 4 heterocycles. The lowest BCUT2D eigenvalue weighted by Gasteiger charge is -2.14. The summed E-state index contributed by atoms with van der Waals surface area (Å²) in [4.78, 5) is 0. The van der Waals surface area contributed by atoms with Gasteiger partial charge in [0.05, 0.1) is 22.1 Å². The van der Waals surface area contributed by atoms with E-state index in [0.29, 0.717) is 0 Å². The molecule has 0 aliphatic rings. The molecule has 0 N–H and O–H groups in total. The second-order valence-electron chi connectivity index (χ2n) is 15.7. The molecular formula is C55H34N2OS. The summed E-state index contributed by atoms with van der Waals surface area (Å²) in [5.41, 5.74) is 15.1. The largest absolute Gasteiger partial charge is 0.456 e. The van der Waals surface area contributed by atoms with Gasteiger partial charge in [-0.3, -0.25) is 0 Å². The highest BCUT2D eigenvalue weighted by Crippen LogP contribution is 2.45. The van der Waals surface area contributed by atoms with Crippen LogP contribution in [-0.2, 0) is 0 Å². The molecule has 0 atom stereocenters. The summed E-state index contributed by atoms with van der Waals surface area (Å²) < 4.78 is 13.7. The first-order chi connectivity index (χ1) is 29.2. The third-order valence-corrected chi connectivity index (χ3v) is 13.6. The number of nitrogens with zero attached hydrogens (tertiary/aromatic N) is 2. The lowest BCUT2D eigenvalue weighted by molar-refractivity contribution is 0.669. The third kappa shape index (κ3) is 4.75. The van der Waals surface area contributed by atoms with Crippen LogP contribution in [0.1, 0.15) is 5.56 Å². The maximum Gasteiger partial charge on any atom is 0.135 e. The Labute approximate surface area is 343 Å². The van der Waals surface area contributed by atoms with Gasteiger partial charge in [-0.15, -0.1) is 11.3 Å². The zero-order valence-electron chi connectivity index (χ0n) is 32.1. The van der Waals surface area contributed by atoms with Crippen LogP contribution < -0.4 is 0 Å². The Morgan fingerprint density at radius 1 is 0.390 bits per heavy atom. The van der Waals surface area contributed by atoms with Gasteiger partial charge in [0, 0.05) is 69.4 Å². The minimum atomic E-state index is 0.911. The molecule has 0 amide bonds. The van der Waals surface area contributed by atoms with Crippen LogP contribution >= 0.6 is 11.3 Å². The smallest absolute Gasteiger partial charge is 0.135 e. The Morgan fingerprint density at radius 3 is 1.86 bits per heavy atom. The number of benzene rings is 9. The molecule has 276 valence electrons. The number of aryl methyl sites for hydroxylation is 1. The minimum absolute atomic E-state index is 0.911. The van der Waals surface area contributed by atoms with Crippen molar-refractivity contribution in [1.29, 1.82) is 0 Å². The molecule has 4 heteroatoms. The summed E-state index contributed by atoms with van der Waals surface area (Å²) >= 11 is 1.88. The predicted octanol–water partition coefficient (Wildman–Crippen LogP) is 15.8. The summed E-state index contributed by atoms with van der Waals surface area (Å²) in [6, 6.07) is 68.8. The van der Waals surface area contributed by atoms with Gasteiger partial charge in [-0.2, -0.15) is 0 Å². The van der Waals surface area contributed by atoms with Gasteiger partial charge in [-0.05, 0) is 114 Å². The van der Waals surface area contributed by atoms with E-state index < -0.39 is 0 Å². The molecule has 0 aliphatic heterocycles. The van der Waals surface area contributed by atoms with E-state index in [1.165, 1.54) is 97.3 Å². The number of thiophene rings is 1. The van der Waals surface area contributed by atoms with Gasteiger partial charge >= 0.3 is 0 Å². The molecule has 0 unspecified atom stereocenters. The van der Waals surface area contributed by atoms with Crippen molar-refractivity contribution in [2.45, 2.75) is 6.92 Å². The van der Waals surface area contributed by atoms with Gasteiger partial charge < -0.3 is 13.6 Å². The molecule has 13 rings (SSSR count). The molecule has 4 aromatic heterocycles. The van der Waals surface area contributed by atoms with E-state index in [0.717, 1.165) is 27.6 Å². The number of hydrogen-bond acceptors (Lipinski definition) is 2. The number of aromatic nitrogens is 2. The Balaban J connectivity index is 1.04. The van der Waals surface area contributed by atoms with Gasteiger partial charge in [0.25, 0.3) is 0 Å². The second kappa shape index (κ2) is 12.3. The zero-order valence-corrected chi connectivity index (χ0v) is 32.9. The first-order valence-electron chi connectivity index (χ1n) is 20.2. The van der Waals surface area contributed by atoms with Crippen molar-refractivity contribution in [2.75, 3.05) is 0 Å². The molecule has 0 spiro atoms. The SMILES string of the molecule is Cc1cc(-c2ccc3c(c2)c2ccccc2n3-c2ccccc2)cc2c3ccccc3n(-c3cc(-c4ccc5oc6ccccc6c5c4)c4sc5ccccc5c4c3)c12. The van der Waals surface area contributed by atoms with Crippen LogP contribution in [0.25, 0.3) is 119 Å². The molecule has 9 aromatic carbocycles. The standard InChI is InChI=1S/C55H34N2OS/c1-33-27-36(34-23-25-50-44(28-34)39-15-5-9-19-48(39)56(50)37-13-3-2-4-14-37)30-46-40-16-6-10-20-49(40)57(54(33)46)38-31-43(55-47(32-38)42-18-8-12-22-53(42)59-55)35-24-26-52-45(29-35)41-17-7-11-21-51(41)58-52/h2-32H,1H3. The van der Waals surface area contributed by atoms with Crippen LogP contribution in [0.3, 0.4) is 0 Å². The monoisotopic (exact) mass is 770 g/mol. The van der Waals surface area contributed by atoms with Crippen molar-refractivity contribution in [3.05, 3.63) is 194 Å². The lowest BCUT2D eigenvalue weighted by Crippen LogP contribution is -1.97. The van der Waals surface area contributed by atoms with E-state index in [2.05, 4.69) is 198 Å². The molecule has 0 saturated heterocycles. The van der Waals surface area contributed by atoms with Crippen molar-refractivity contribution in [2.24, 2.45) is 0 Å². The average molecular weight is 771 g/mol. The van der Waals surface area contributed by atoms with E-state index in [4.69, 9.17) is 4.42 Å². The van der Waals surface area contributed by atoms with Crippen LogP contribution in [0.15, 0.2) is 192 Å². The van der Waals surface area contributed by atoms with E-state index in [1.54, 1.807) is 0 Å². The van der Waals surface area contributed by atoms with Crippen molar-refractivity contribution < 1.29 is 4.42 Å². The maximum atomic E-state index is 6.27. The zero-order chi connectivity index (χ0) is 38.8. The van der Waals surface area contributed by atoms with Crippen LogP contribution in [0, 0.1) is 6.92 Å². The Bertz CT molecular complexity index is 3860. The van der Waals surface area contributed by atoms with Crippen molar-refractivity contribution in [3.63, 3.8) is 0 Å². The topological polar surface area (TPSA) is 23.0 Å². The molecular weight excluding hydrogens is 737 g/mol. The predicted molar refractivity (Wildman–Crippen MR) is 251 cm³/mol. The second-order valence-corrected chi connectivity index (χ2v) is 16.8. The molecule has 3 nitrogen and oxygen atoms in total. The van der Waals surface area contributed by atoms with Gasteiger partial charge in [0.1, 0.15) is 11.2 Å². The molecule has 0 radical (unpaired) electrons. The van der Waals surface area contributed by atoms with E-state index in [-0.39, 0.29) is 0 Å². The van der Waals surface area contributed by atoms with Crippen LogP contribution in [0.5, 0.6) is 0 Å². The minimum Gasteiger partial charge on any atom is -0.456 e. The van der Waals surface area contributed by atoms with E-state index in [1.807, 2.05) is 17.4 Å². The highest BCUT2D eigenvalue weighted by atomic mass is 32.1. The maximum absolute atomic E-state index is 6.27. The first-order valence-corrected chi connectivity index (χ1v) is 21.0.